The molecule has 0 saturated carbocycles. The second-order valence-corrected chi connectivity index (χ2v) is 6.29. The van der Waals surface area contributed by atoms with Crippen molar-refractivity contribution >= 4 is 33.0 Å². The van der Waals surface area contributed by atoms with Crippen molar-refractivity contribution in [1.82, 2.24) is 0 Å². The normalized spacial score (nSPS) is 10.9. The summed E-state index contributed by atoms with van der Waals surface area (Å²) in [5, 5.41) is 0. The fourth-order valence-electron chi connectivity index (χ4n) is 1.14. The molecule has 78 valence electrons. The first kappa shape index (κ1) is 11.9. The zero-order valence-corrected chi connectivity index (χ0v) is 11.2. The van der Waals surface area contributed by atoms with Gasteiger partial charge < -0.3 is 0 Å². The summed E-state index contributed by atoms with van der Waals surface area (Å²) in [5.41, 5.74) is 1.16. The number of rotatable bonds is 4. The maximum absolute atomic E-state index is 11.7. The molecule has 0 unspecified atom stereocenters. The first-order valence-electron chi connectivity index (χ1n) is 4.80. The van der Waals surface area contributed by atoms with Gasteiger partial charge in [0.15, 0.2) is 5.78 Å². The maximum atomic E-state index is 11.7. The molecule has 0 aliphatic carbocycles. The van der Waals surface area contributed by atoms with Crippen molar-refractivity contribution in [2.24, 2.45) is 5.92 Å². The Morgan fingerprint density at radius 3 is 2.64 bits per heavy atom. The predicted molar refractivity (Wildman–Crippen MR) is 65.2 cm³/mol. The predicted octanol–water partition coefficient (Wildman–Crippen LogP) is 4.44. The van der Waals surface area contributed by atoms with E-state index in [1.165, 1.54) is 0 Å². The Balaban J connectivity index is 2.61. The highest BCUT2D eigenvalue weighted by atomic mass is 79.9. The second-order valence-electron chi connectivity index (χ2n) is 3.92. The topological polar surface area (TPSA) is 17.1 Å². The molecule has 0 aliphatic rings. The number of aryl methyl sites for hydroxylation is 1. The van der Waals surface area contributed by atoms with Crippen LogP contribution in [0.4, 0.5) is 0 Å². The van der Waals surface area contributed by atoms with Crippen LogP contribution >= 0.6 is 27.3 Å². The molecule has 0 fully saturated rings. The summed E-state index contributed by atoms with van der Waals surface area (Å²) < 4.78 is 1.07. The molecule has 1 rings (SSSR count). The Bertz CT molecular complexity index is 309. The summed E-state index contributed by atoms with van der Waals surface area (Å²) in [6.45, 7) is 6.30. The first-order valence-corrected chi connectivity index (χ1v) is 6.40. The summed E-state index contributed by atoms with van der Waals surface area (Å²) in [4.78, 5) is 12.6. The summed E-state index contributed by atoms with van der Waals surface area (Å²) in [6.07, 6.45) is 1.65. The molecule has 0 bridgehead atoms. The van der Waals surface area contributed by atoms with Gasteiger partial charge in [-0.2, -0.15) is 0 Å². The fourth-order valence-corrected chi connectivity index (χ4v) is 2.64. The number of carbonyl (C=O) groups is 1. The van der Waals surface area contributed by atoms with E-state index in [4.69, 9.17) is 0 Å². The minimum Gasteiger partial charge on any atom is -0.293 e. The lowest BCUT2D eigenvalue weighted by Crippen LogP contribution is -1.98. The highest BCUT2D eigenvalue weighted by Crippen LogP contribution is 2.28. The molecular formula is C11H15BrOS. The lowest BCUT2D eigenvalue weighted by molar-refractivity contribution is 0.0979. The van der Waals surface area contributed by atoms with Crippen LogP contribution in [0.1, 0.15) is 41.9 Å². The van der Waals surface area contributed by atoms with Crippen molar-refractivity contribution in [2.75, 3.05) is 0 Å². The van der Waals surface area contributed by atoms with Crippen molar-refractivity contribution in [3.63, 3.8) is 0 Å². The minimum atomic E-state index is 0.275. The van der Waals surface area contributed by atoms with Gasteiger partial charge in [0, 0.05) is 6.42 Å². The highest BCUT2D eigenvalue weighted by molar-refractivity contribution is 9.11. The van der Waals surface area contributed by atoms with E-state index in [0.717, 1.165) is 20.6 Å². The van der Waals surface area contributed by atoms with Gasteiger partial charge in [-0.1, -0.05) is 13.8 Å². The molecule has 1 nitrogen and oxygen atoms in total. The molecule has 0 radical (unpaired) electrons. The lowest BCUT2D eigenvalue weighted by Gasteiger charge is -2.01. The van der Waals surface area contributed by atoms with E-state index in [9.17, 15) is 4.79 Å². The van der Waals surface area contributed by atoms with Gasteiger partial charge in [-0.05, 0) is 46.8 Å². The molecule has 1 heterocycles. The van der Waals surface area contributed by atoms with Crippen LogP contribution < -0.4 is 0 Å². The van der Waals surface area contributed by atoms with E-state index in [1.807, 2.05) is 13.0 Å². The van der Waals surface area contributed by atoms with Gasteiger partial charge in [-0.3, -0.25) is 4.79 Å². The van der Waals surface area contributed by atoms with Gasteiger partial charge in [0.05, 0.1) is 8.66 Å². The average Bonchev–Trinajstić information content (AvgIpc) is 2.43. The third-order valence-corrected chi connectivity index (χ3v) is 4.26. The van der Waals surface area contributed by atoms with Crippen LogP contribution in [0, 0.1) is 12.8 Å². The van der Waals surface area contributed by atoms with Gasteiger partial charge in [-0.25, -0.2) is 0 Å². The molecule has 0 saturated heterocycles. The van der Waals surface area contributed by atoms with Crippen molar-refractivity contribution in [2.45, 2.75) is 33.6 Å². The molecule has 1 aromatic rings. The average molecular weight is 275 g/mol. The first-order chi connectivity index (χ1) is 6.50. The number of hydrogen-bond acceptors (Lipinski definition) is 2. The Labute approximate surface area is 97.7 Å². The Morgan fingerprint density at radius 2 is 2.21 bits per heavy atom. The largest absolute Gasteiger partial charge is 0.293 e. The van der Waals surface area contributed by atoms with Gasteiger partial charge in [0.1, 0.15) is 0 Å². The molecule has 1 aromatic heterocycles. The van der Waals surface area contributed by atoms with Crippen molar-refractivity contribution in [3.8, 4) is 0 Å². The monoisotopic (exact) mass is 274 g/mol. The van der Waals surface area contributed by atoms with Gasteiger partial charge in [0.2, 0.25) is 0 Å². The van der Waals surface area contributed by atoms with E-state index < -0.39 is 0 Å². The number of carbonyl (C=O) groups excluding carboxylic acids is 1. The SMILES string of the molecule is Cc1cc(C(=O)CCC(C)C)sc1Br. The Morgan fingerprint density at radius 1 is 1.57 bits per heavy atom. The zero-order valence-electron chi connectivity index (χ0n) is 8.76. The van der Waals surface area contributed by atoms with Crippen LogP contribution in [0.15, 0.2) is 9.85 Å². The van der Waals surface area contributed by atoms with Crippen LogP contribution in [0.3, 0.4) is 0 Å². The van der Waals surface area contributed by atoms with E-state index in [1.54, 1.807) is 11.3 Å². The molecule has 14 heavy (non-hydrogen) atoms. The smallest absolute Gasteiger partial charge is 0.172 e. The fraction of sp³-hybridized carbons (Fsp3) is 0.545. The maximum Gasteiger partial charge on any atom is 0.172 e. The third kappa shape index (κ3) is 3.21. The lowest BCUT2D eigenvalue weighted by atomic mass is 10.1. The Kier molecular flexibility index (Phi) is 4.32. The van der Waals surface area contributed by atoms with Gasteiger partial charge >= 0.3 is 0 Å². The number of ketones is 1. The van der Waals surface area contributed by atoms with E-state index in [0.29, 0.717) is 12.3 Å². The molecule has 0 aromatic carbocycles. The number of hydrogen-bond donors (Lipinski definition) is 0. The molecule has 0 N–H and O–H groups in total. The van der Waals surface area contributed by atoms with Crippen molar-refractivity contribution in [3.05, 3.63) is 20.3 Å². The van der Waals surface area contributed by atoms with E-state index in [2.05, 4.69) is 29.8 Å². The van der Waals surface area contributed by atoms with Crippen LogP contribution in [0.5, 0.6) is 0 Å². The summed E-state index contributed by atoms with van der Waals surface area (Å²) in [6, 6.07) is 1.97. The van der Waals surface area contributed by atoms with E-state index in [-0.39, 0.29) is 5.78 Å². The quantitative estimate of drug-likeness (QED) is 0.742. The third-order valence-electron chi connectivity index (χ3n) is 2.08. The van der Waals surface area contributed by atoms with Gasteiger partial charge in [0.25, 0.3) is 0 Å². The van der Waals surface area contributed by atoms with Crippen LogP contribution in [0.2, 0.25) is 0 Å². The highest BCUT2D eigenvalue weighted by Gasteiger charge is 2.11. The zero-order chi connectivity index (χ0) is 10.7. The molecular weight excluding hydrogens is 260 g/mol. The summed E-state index contributed by atoms with van der Waals surface area (Å²) in [5.74, 6) is 0.876. The molecule has 0 amide bonds. The van der Waals surface area contributed by atoms with Crippen molar-refractivity contribution in [1.29, 1.82) is 0 Å². The number of Topliss-reactive ketones (excluding diaryl/α,β-unsaturated/α-hetero) is 1. The summed E-state index contributed by atoms with van der Waals surface area (Å²) >= 11 is 4.97. The standard InChI is InChI=1S/C11H15BrOS/c1-7(2)4-5-9(13)10-6-8(3)11(12)14-10/h6-7H,4-5H2,1-3H3. The van der Waals surface area contributed by atoms with Crippen molar-refractivity contribution < 1.29 is 4.79 Å². The second kappa shape index (κ2) is 5.08. The molecule has 0 aliphatic heterocycles. The Hall–Kier alpha value is -0.150. The van der Waals surface area contributed by atoms with Crippen LogP contribution in [-0.2, 0) is 0 Å². The van der Waals surface area contributed by atoms with Gasteiger partial charge in [-0.15, -0.1) is 11.3 Å². The summed E-state index contributed by atoms with van der Waals surface area (Å²) in [7, 11) is 0. The minimum absolute atomic E-state index is 0.275. The molecule has 0 spiro atoms. The molecule has 3 heteroatoms. The number of halogens is 1. The van der Waals surface area contributed by atoms with E-state index >= 15 is 0 Å². The van der Waals surface area contributed by atoms with Crippen LogP contribution in [0.25, 0.3) is 0 Å². The van der Waals surface area contributed by atoms with Crippen LogP contribution in [-0.4, -0.2) is 5.78 Å². The molecule has 0 atom stereocenters. The number of thiophene rings is 1.